The molecule has 1 fully saturated rings. The lowest BCUT2D eigenvalue weighted by atomic mass is 10.1. The fraction of sp³-hybridized carbons (Fsp3) is 0.615. The number of pyridine rings is 1. The molecule has 2 rings (SSSR count). The molecule has 1 heterocycles. The van der Waals surface area contributed by atoms with E-state index in [1.165, 1.54) is 24.9 Å². The lowest BCUT2D eigenvalue weighted by molar-refractivity contribution is 0.570. The molecule has 0 amide bonds. The Labute approximate surface area is 106 Å². The lowest BCUT2D eigenvalue weighted by Gasteiger charge is -2.26. The Morgan fingerprint density at radius 3 is 2.81 bits per heavy atom. The number of aromatic nitrogens is 1. The van der Waals surface area contributed by atoms with E-state index in [0.29, 0.717) is 0 Å². The van der Waals surface area contributed by atoms with Crippen LogP contribution in [0.5, 0.6) is 0 Å². The molecule has 1 saturated carbocycles. The molecule has 1 aliphatic carbocycles. The first-order valence-electron chi connectivity index (χ1n) is 6.04. The quantitative estimate of drug-likeness (QED) is 0.815. The van der Waals surface area contributed by atoms with Crippen molar-refractivity contribution < 1.29 is 0 Å². The molecule has 0 N–H and O–H groups in total. The van der Waals surface area contributed by atoms with Crippen LogP contribution in [0.15, 0.2) is 22.9 Å². The summed E-state index contributed by atoms with van der Waals surface area (Å²) in [6, 6.07) is 2.88. The number of hydrogen-bond acceptors (Lipinski definition) is 2. The van der Waals surface area contributed by atoms with E-state index in [9.17, 15) is 0 Å². The van der Waals surface area contributed by atoms with Gasteiger partial charge in [-0.05, 0) is 47.2 Å². The van der Waals surface area contributed by atoms with Gasteiger partial charge in [0.05, 0.1) is 10.2 Å². The van der Waals surface area contributed by atoms with Gasteiger partial charge in [-0.15, -0.1) is 0 Å². The van der Waals surface area contributed by atoms with Crippen LogP contribution in [-0.2, 0) is 0 Å². The van der Waals surface area contributed by atoms with Crippen molar-refractivity contribution >= 4 is 21.6 Å². The zero-order valence-corrected chi connectivity index (χ0v) is 11.6. The van der Waals surface area contributed by atoms with Crippen LogP contribution in [0.3, 0.4) is 0 Å². The van der Waals surface area contributed by atoms with Crippen molar-refractivity contribution in [2.75, 3.05) is 11.4 Å². The van der Waals surface area contributed by atoms with Crippen LogP contribution >= 0.6 is 15.9 Å². The summed E-state index contributed by atoms with van der Waals surface area (Å²) in [5, 5.41) is 0. The van der Waals surface area contributed by atoms with Gasteiger partial charge in [-0.25, -0.2) is 0 Å². The summed E-state index contributed by atoms with van der Waals surface area (Å²) in [5.41, 5.74) is 1.30. The molecule has 2 nitrogen and oxygen atoms in total. The van der Waals surface area contributed by atoms with E-state index in [2.05, 4.69) is 45.7 Å². The van der Waals surface area contributed by atoms with E-state index < -0.39 is 0 Å². The van der Waals surface area contributed by atoms with Gasteiger partial charge in [0.1, 0.15) is 0 Å². The van der Waals surface area contributed by atoms with Crippen LogP contribution in [0, 0.1) is 5.92 Å². The van der Waals surface area contributed by atoms with Gasteiger partial charge in [0.2, 0.25) is 0 Å². The summed E-state index contributed by atoms with van der Waals surface area (Å²) in [5.74, 6) is 0.766. The summed E-state index contributed by atoms with van der Waals surface area (Å²) < 4.78 is 1.12. The number of rotatable bonds is 5. The Hall–Kier alpha value is -0.570. The molecule has 16 heavy (non-hydrogen) atoms. The van der Waals surface area contributed by atoms with E-state index in [-0.39, 0.29) is 0 Å². The number of hydrogen-bond donors (Lipinski definition) is 0. The number of halogens is 1. The van der Waals surface area contributed by atoms with E-state index in [1.54, 1.807) is 0 Å². The van der Waals surface area contributed by atoms with Crippen LogP contribution in [0.1, 0.15) is 33.1 Å². The van der Waals surface area contributed by atoms with Crippen molar-refractivity contribution in [2.45, 2.75) is 39.2 Å². The highest BCUT2D eigenvalue weighted by Gasteiger charge is 2.29. The highest BCUT2D eigenvalue weighted by Crippen LogP contribution is 2.35. The fourth-order valence-corrected chi connectivity index (χ4v) is 2.36. The number of nitrogens with zero attached hydrogens (tertiary/aromatic N) is 2. The van der Waals surface area contributed by atoms with Gasteiger partial charge in [-0.3, -0.25) is 4.98 Å². The maximum atomic E-state index is 4.13. The van der Waals surface area contributed by atoms with Crippen molar-refractivity contribution in [3.63, 3.8) is 0 Å². The molecule has 1 aromatic rings. The molecular weight excluding hydrogens is 264 g/mol. The molecule has 0 unspecified atom stereocenters. The molecule has 88 valence electrons. The van der Waals surface area contributed by atoms with Crippen molar-refractivity contribution in [1.82, 2.24) is 4.98 Å². The van der Waals surface area contributed by atoms with Crippen molar-refractivity contribution in [2.24, 2.45) is 5.92 Å². The molecule has 0 saturated heterocycles. The van der Waals surface area contributed by atoms with E-state index >= 15 is 0 Å². The third-order valence-corrected chi connectivity index (χ3v) is 3.61. The van der Waals surface area contributed by atoms with Gasteiger partial charge in [0.15, 0.2) is 0 Å². The van der Waals surface area contributed by atoms with E-state index in [4.69, 9.17) is 0 Å². The standard InChI is InChI=1S/C13H19BrN2/c1-10(2)6-8-16(11-3-4-11)13-5-7-15-9-12(13)14/h5,7,9-11H,3-4,6,8H2,1-2H3. The van der Waals surface area contributed by atoms with Gasteiger partial charge in [0, 0.05) is 25.0 Å². The minimum atomic E-state index is 0.762. The van der Waals surface area contributed by atoms with Crippen molar-refractivity contribution in [3.8, 4) is 0 Å². The SMILES string of the molecule is CC(C)CCN(c1ccncc1Br)C1CC1. The molecule has 0 bridgehead atoms. The summed E-state index contributed by atoms with van der Waals surface area (Å²) in [4.78, 5) is 6.66. The second-order valence-electron chi connectivity index (χ2n) is 4.93. The first kappa shape index (κ1) is 11.9. The Bertz CT molecular complexity index is 348. The monoisotopic (exact) mass is 282 g/mol. The molecule has 0 atom stereocenters. The first-order valence-corrected chi connectivity index (χ1v) is 6.84. The molecule has 0 aromatic carbocycles. The normalized spacial score (nSPS) is 15.5. The zero-order valence-electron chi connectivity index (χ0n) is 9.99. The zero-order chi connectivity index (χ0) is 11.5. The topological polar surface area (TPSA) is 16.1 Å². The lowest BCUT2D eigenvalue weighted by Crippen LogP contribution is -2.28. The summed E-state index contributed by atoms with van der Waals surface area (Å²) in [7, 11) is 0. The molecular formula is C13H19BrN2. The van der Waals surface area contributed by atoms with E-state index in [0.717, 1.165) is 23.0 Å². The minimum absolute atomic E-state index is 0.762. The van der Waals surface area contributed by atoms with Gasteiger partial charge < -0.3 is 4.90 Å². The molecule has 3 heteroatoms. The molecule has 1 aromatic heterocycles. The van der Waals surface area contributed by atoms with Crippen LogP contribution in [0.2, 0.25) is 0 Å². The predicted octanol–water partition coefficient (Wildman–Crippen LogP) is 3.86. The van der Waals surface area contributed by atoms with Crippen LogP contribution in [0.4, 0.5) is 5.69 Å². The summed E-state index contributed by atoms with van der Waals surface area (Å²) in [6.45, 7) is 5.73. The largest absolute Gasteiger partial charge is 0.368 e. The molecule has 0 radical (unpaired) electrons. The smallest absolute Gasteiger partial charge is 0.0592 e. The van der Waals surface area contributed by atoms with Crippen molar-refractivity contribution in [1.29, 1.82) is 0 Å². The average molecular weight is 283 g/mol. The Kier molecular flexibility index (Phi) is 3.85. The second-order valence-corrected chi connectivity index (χ2v) is 5.79. The van der Waals surface area contributed by atoms with Crippen molar-refractivity contribution in [3.05, 3.63) is 22.9 Å². The number of anilines is 1. The third kappa shape index (κ3) is 2.97. The minimum Gasteiger partial charge on any atom is -0.368 e. The van der Waals surface area contributed by atoms with Gasteiger partial charge in [0.25, 0.3) is 0 Å². The Balaban J connectivity index is 2.10. The van der Waals surface area contributed by atoms with Gasteiger partial charge >= 0.3 is 0 Å². The summed E-state index contributed by atoms with van der Waals surface area (Å²) >= 11 is 3.60. The van der Waals surface area contributed by atoms with E-state index in [1.807, 2.05) is 12.4 Å². The first-order chi connectivity index (χ1) is 7.68. The maximum Gasteiger partial charge on any atom is 0.0592 e. The molecule has 1 aliphatic rings. The van der Waals surface area contributed by atoms with Crippen LogP contribution in [0.25, 0.3) is 0 Å². The average Bonchev–Trinajstić information content (AvgIpc) is 3.04. The Morgan fingerprint density at radius 1 is 1.50 bits per heavy atom. The fourth-order valence-electron chi connectivity index (χ4n) is 1.88. The highest BCUT2D eigenvalue weighted by atomic mass is 79.9. The Morgan fingerprint density at radius 2 is 2.25 bits per heavy atom. The predicted molar refractivity (Wildman–Crippen MR) is 71.8 cm³/mol. The van der Waals surface area contributed by atoms with Gasteiger partial charge in [-0.2, -0.15) is 0 Å². The highest BCUT2D eigenvalue weighted by molar-refractivity contribution is 9.10. The van der Waals surface area contributed by atoms with Gasteiger partial charge in [-0.1, -0.05) is 13.8 Å². The third-order valence-electron chi connectivity index (χ3n) is 3.00. The molecule has 0 aliphatic heterocycles. The summed E-state index contributed by atoms with van der Waals surface area (Å²) in [6.07, 6.45) is 7.70. The van der Waals surface area contributed by atoms with Crippen LogP contribution < -0.4 is 4.90 Å². The second kappa shape index (κ2) is 5.17. The van der Waals surface area contributed by atoms with Crippen LogP contribution in [-0.4, -0.2) is 17.6 Å². The maximum absolute atomic E-state index is 4.13. The molecule has 0 spiro atoms.